The molecule has 0 bridgehead atoms. The van der Waals surface area contributed by atoms with Gasteiger partial charge in [-0.2, -0.15) is 11.8 Å². The zero-order chi connectivity index (χ0) is 9.68. The number of hydrogen-bond acceptors (Lipinski definition) is 3. The molecule has 1 rings (SSSR count). The van der Waals surface area contributed by atoms with Gasteiger partial charge in [-0.1, -0.05) is 0 Å². The molecule has 0 aliphatic carbocycles. The molecule has 0 radical (unpaired) electrons. The van der Waals surface area contributed by atoms with Crippen LogP contribution in [0.5, 0.6) is 0 Å². The molecule has 1 unspecified atom stereocenters. The second-order valence-electron chi connectivity index (χ2n) is 3.43. The lowest BCUT2D eigenvalue weighted by Gasteiger charge is -2.22. The minimum Gasteiger partial charge on any atom is -0.481 e. The molecular weight excluding hydrogens is 186 g/mol. The van der Waals surface area contributed by atoms with E-state index in [1.165, 1.54) is 12.8 Å². The van der Waals surface area contributed by atoms with Crippen LogP contribution in [0.4, 0.5) is 0 Å². The van der Waals surface area contributed by atoms with Gasteiger partial charge < -0.3 is 5.11 Å². The number of carboxylic acid groups (broad SMARTS) is 1. The quantitative estimate of drug-likeness (QED) is 0.731. The molecule has 0 aromatic carbocycles. The normalized spacial score (nSPS) is 23.6. The van der Waals surface area contributed by atoms with Gasteiger partial charge in [0.15, 0.2) is 0 Å². The molecule has 76 valence electrons. The lowest BCUT2D eigenvalue weighted by atomic mass is 10.2. The fourth-order valence-electron chi connectivity index (χ4n) is 1.81. The summed E-state index contributed by atoms with van der Waals surface area (Å²) in [5, 5.41) is 8.56. The molecule has 1 aliphatic rings. The van der Waals surface area contributed by atoms with Crippen molar-refractivity contribution >= 4 is 17.7 Å². The molecule has 1 fully saturated rings. The minimum atomic E-state index is -0.685. The van der Waals surface area contributed by atoms with E-state index in [4.69, 9.17) is 5.11 Å². The van der Waals surface area contributed by atoms with E-state index in [2.05, 4.69) is 11.2 Å². The maximum Gasteiger partial charge on any atom is 0.304 e. The Labute approximate surface area is 83.5 Å². The Kier molecular flexibility index (Phi) is 4.59. The van der Waals surface area contributed by atoms with Crippen LogP contribution in [0.25, 0.3) is 0 Å². The van der Waals surface area contributed by atoms with Crippen LogP contribution < -0.4 is 0 Å². The molecule has 1 aliphatic heterocycles. The monoisotopic (exact) mass is 203 g/mol. The average molecular weight is 203 g/mol. The second-order valence-corrected chi connectivity index (χ2v) is 4.34. The van der Waals surface area contributed by atoms with Gasteiger partial charge >= 0.3 is 5.97 Å². The van der Waals surface area contributed by atoms with Gasteiger partial charge in [-0.25, -0.2) is 0 Å². The first kappa shape index (κ1) is 10.9. The summed E-state index contributed by atoms with van der Waals surface area (Å²) in [6, 6.07) is 0.620. The Morgan fingerprint density at radius 2 is 2.46 bits per heavy atom. The topological polar surface area (TPSA) is 40.5 Å². The lowest BCUT2D eigenvalue weighted by Crippen LogP contribution is -2.33. The van der Waals surface area contributed by atoms with Crippen LogP contribution in [-0.4, -0.2) is 47.1 Å². The number of carbonyl (C=O) groups is 1. The summed E-state index contributed by atoms with van der Waals surface area (Å²) in [5.41, 5.74) is 0. The van der Waals surface area contributed by atoms with Crippen molar-refractivity contribution in [2.24, 2.45) is 0 Å². The predicted octanol–water partition coefficient (Wildman–Crippen LogP) is 1.29. The van der Waals surface area contributed by atoms with Gasteiger partial charge in [0.2, 0.25) is 0 Å². The van der Waals surface area contributed by atoms with Crippen LogP contribution in [0.2, 0.25) is 0 Å². The molecule has 4 heteroatoms. The molecule has 1 heterocycles. The Bertz CT molecular complexity index is 175. The lowest BCUT2D eigenvalue weighted by molar-refractivity contribution is -0.137. The maximum absolute atomic E-state index is 10.4. The van der Waals surface area contributed by atoms with Crippen molar-refractivity contribution in [1.29, 1.82) is 0 Å². The minimum absolute atomic E-state index is 0.283. The fourth-order valence-corrected chi connectivity index (χ4v) is 2.57. The molecule has 0 aromatic heterocycles. The third-order valence-electron chi connectivity index (χ3n) is 2.47. The number of aliphatic carboxylic acids is 1. The molecule has 13 heavy (non-hydrogen) atoms. The van der Waals surface area contributed by atoms with E-state index in [0.717, 1.165) is 18.8 Å². The van der Waals surface area contributed by atoms with Crippen molar-refractivity contribution in [3.05, 3.63) is 0 Å². The number of hydrogen-bond donors (Lipinski definition) is 1. The standard InChI is InChI=1S/C9H17NO2S/c1-13-7-8-3-2-5-10(8)6-4-9(11)12/h8H,2-7H2,1H3,(H,11,12). The van der Waals surface area contributed by atoms with Gasteiger partial charge in [0.05, 0.1) is 6.42 Å². The fraction of sp³-hybridized carbons (Fsp3) is 0.889. The Morgan fingerprint density at radius 1 is 1.69 bits per heavy atom. The Balaban J connectivity index is 2.26. The number of nitrogens with zero attached hydrogens (tertiary/aromatic N) is 1. The van der Waals surface area contributed by atoms with Crippen molar-refractivity contribution in [3.8, 4) is 0 Å². The van der Waals surface area contributed by atoms with Crippen molar-refractivity contribution in [3.63, 3.8) is 0 Å². The van der Waals surface area contributed by atoms with E-state index in [1.807, 2.05) is 11.8 Å². The van der Waals surface area contributed by atoms with E-state index in [-0.39, 0.29) is 6.42 Å². The highest BCUT2D eigenvalue weighted by Gasteiger charge is 2.23. The van der Waals surface area contributed by atoms with Crippen molar-refractivity contribution in [2.75, 3.05) is 25.1 Å². The van der Waals surface area contributed by atoms with Crippen molar-refractivity contribution in [2.45, 2.75) is 25.3 Å². The zero-order valence-corrected chi connectivity index (χ0v) is 8.85. The number of rotatable bonds is 5. The van der Waals surface area contributed by atoms with Gasteiger partial charge in [-0.05, 0) is 25.6 Å². The molecule has 1 saturated heterocycles. The highest BCUT2D eigenvalue weighted by Crippen LogP contribution is 2.19. The first-order valence-electron chi connectivity index (χ1n) is 4.69. The van der Waals surface area contributed by atoms with Crippen LogP contribution >= 0.6 is 11.8 Å². The van der Waals surface area contributed by atoms with Crippen LogP contribution in [0.1, 0.15) is 19.3 Å². The summed E-state index contributed by atoms with van der Waals surface area (Å²) < 4.78 is 0. The smallest absolute Gasteiger partial charge is 0.304 e. The van der Waals surface area contributed by atoms with Gasteiger partial charge in [0.1, 0.15) is 0 Å². The maximum atomic E-state index is 10.4. The van der Waals surface area contributed by atoms with E-state index in [1.54, 1.807) is 0 Å². The highest BCUT2D eigenvalue weighted by atomic mass is 32.2. The summed E-state index contributed by atoms with van der Waals surface area (Å²) >= 11 is 1.85. The first-order valence-corrected chi connectivity index (χ1v) is 6.08. The molecule has 0 spiro atoms. The summed E-state index contributed by atoms with van der Waals surface area (Å²) in [4.78, 5) is 12.7. The van der Waals surface area contributed by atoms with Crippen LogP contribution in [0.15, 0.2) is 0 Å². The Hall–Kier alpha value is -0.220. The summed E-state index contributed by atoms with van der Waals surface area (Å²) in [6.45, 7) is 1.80. The summed E-state index contributed by atoms with van der Waals surface area (Å²) in [7, 11) is 0. The summed E-state index contributed by atoms with van der Waals surface area (Å²) in [5.74, 6) is 0.453. The molecule has 1 atom stereocenters. The second kappa shape index (κ2) is 5.50. The van der Waals surface area contributed by atoms with Crippen LogP contribution in [0, 0.1) is 0 Å². The molecule has 0 saturated carbocycles. The van der Waals surface area contributed by atoms with Crippen LogP contribution in [0.3, 0.4) is 0 Å². The zero-order valence-electron chi connectivity index (χ0n) is 8.03. The van der Waals surface area contributed by atoms with Gasteiger partial charge in [0, 0.05) is 18.3 Å². The molecule has 0 amide bonds. The molecule has 0 aromatic rings. The molecule has 3 nitrogen and oxygen atoms in total. The van der Waals surface area contributed by atoms with E-state index in [9.17, 15) is 4.79 Å². The van der Waals surface area contributed by atoms with Gasteiger partial charge in [-0.3, -0.25) is 9.69 Å². The number of likely N-dealkylation sites (tertiary alicyclic amines) is 1. The van der Waals surface area contributed by atoms with Crippen LogP contribution in [-0.2, 0) is 4.79 Å². The SMILES string of the molecule is CSCC1CCCN1CCC(=O)O. The van der Waals surface area contributed by atoms with Gasteiger partial charge in [0.25, 0.3) is 0 Å². The third-order valence-corrected chi connectivity index (χ3v) is 3.19. The van der Waals surface area contributed by atoms with E-state index in [0.29, 0.717) is 6.04 Å². The molecule has 1 N–H and O–H groups in total. The predicted molar refractivity (Wildman–Crippen MR) is 55.2 cm³/mol. The number of carboxylic acids is 1. The van der Waals surface area contributed by atoms with Crippen molar-refractivity contribution < 1.29 is 9.90 Å². The highest BCUT2D eigenvalue weighted by molar-refractivity contribution is 7.98. The summed E-state index contributed by atoms with van der Waals surface area (Å²) in [6.07, 6.45) is 4.85. The third kappa shape index (κ3) is 3.56. The largest absolute Gasteiger partial charge is 0.481 e. The van der Waals surface area contributed by atoms with E-state index >= 15 is 0 Å². The molecular formula is C9H17NO2S. The average Bonchev–Trinajstić information content (AvgIpc) is 2.49. The van der Waals surface area contributed by atoms with Gasteiger partial charge in [-0.15, -0.1) is 0 Å². The van der Waals surface area contributed by atoms with Crippen molar-refractivity contribution in [1.82, 2.24) is 4.90 Å². The Morgan fingerprint density at radius 3 is 3.08 bits per heavy atom. The number of thioether (sulfide) groups is 1. The first-order chi connectivity index (χ1) is 6.24. The van der Waals surface area contributed by atoms with E-state index < -0.39 is 5.97 Å².